The quantitative estimate of drug-likeness (QED) is 0.716. The molecule has 176 valence electrons. The molecule has 1 saturated carbocycles. The van der Waals surface area contributed by atoms with Gasteiger partial charge in [0.15, 0.2) is 0 Å². The summed E-state index contributed by atoms with van der Waals surface area (Å²) in [5.74, 6) is 5.84. The van der Waals surface area contributed by atoms with E-state index in [2.05, 4.69) is 41.4 Å². The van der Waals surface area contributed by atoms with E-state index in [9.17, 15) is 9.59 Å². The van der Waals surface area contributed by atoms with Crippen LogP contribution in [0.1, 0.15) is 43.2 Å². The van der Waals surface area contributed by atoms with Gasteiger partial charge in [-0.05, 0) is 55.2 Å². The van der Waals surface area contributed by atoms with Gasteiger partial charge in [-0.15, -0.1) is 0 Å². The highest BCUT2D eigenvalue weighted by Crippen LogP contribution is 2.59. The molecular formula is C29H32N2O3. The highest BCUT2D eigenvalue weighted by molar-refractivity contribution is 5.94. The number of benzene rings is 2. The molecule has 0 radical (unpaired) electrons. The summed E-state index contributed by atoms with van der Waals surface area (Å²) >= 11 is 0. The molecule has 5 rings (SSSR count). The molecule has 0 unspecified atom stereocenters. The van der Waals surface area contributed by atoms with Gasteiger partial charge in [0.05, 0.1) is 0 Å². The van der Waals surface area contributed by atoms with Gasteiger partial charge in [-0.1, -0.05) is 54.5 Å². The van der Waals surface area contributed by atoms with Crippen LogP contribution in [0.25, 0.3) is 0 Å². The molecule has 3 aliphatic rings. The molecule has 1 aliphatic carbocycles. The average molecular weight is 457 g/mol. The van der Waals surface area contributed by atoms with Crippen LogP contribution in [0.5, 0.6) is 0 Å². The molecule has 2 aromatic carbocycles. The molecule has 5 heteroatoms. The van der Waals surface area contributed by atoms with Crippen molar-refractivity contribution in [2.24, 2.45) is 11.3 Å². The maximum Gasteiger partial charge on any atom is 0.298 e. The zero-order chi connectivity index (χ0) is 23.4. The van der Waals surface area contributed by atoms with Crippen LogP contribution in [0.3, 0.4) is 0 Å². The molecule has 0 aromatic heterocycles. The summed E-state index contributed by atoms with van der Waals surface area (Å²) in [6.07, 6.45) is 4.53. The van der Waals surface area contributed by atoms with Crippen LogP contribution < -0.4 is 5.32 Å². The number of carbonyl (C=O) groups is 2. The molecule has 1 spiro atoms. The lowest BCUT2D eigenvalue weighted by atomic mass is 9.74. The summed E-state index contributed by atoms with van der Waals surface area (Å²) in [6.45, 7) is 3.48. The van der Waals surface area contributed by atoms with Crippen molar-refractivity contribution in [1.82, 2.24) is 10.2 Å². The first-order valence-electron chi connectivity index (χ1n) is 12.4. The number of carbonyl (C=O) groups excluding carboxylic acids is 2. The topological polar surface area (TPSA) is 58.6 Å². The third-order valence-electron chi connectivity index (χ3n) is 8.08. The van der Waals surface area contributed by atoms with Gasteiger partial charge >= 0.3 is 0 Å². The predicted octanol–water partition coefficient (Wildman–Crippen LogP) is 3.53. The normalized spacial score (nSPS) is 22.4. The van der Waals surface area contributed by atoms with E-state index in [-0.39, 0.29) is 28.6 Å². The van der Waals surface area contributed by atoms with Crippen LogP contribution in [0.15, 0.2) is 60.7 Å². The number of ether oxygens (including phenoxy) is 1. The minimum Gasteiger partial charge on any atom is -0.381 e. The van der Waals surface area contributed by atoms with Crippen LogP contribution in [-0.2, 0) is 19.7 Å². The van der Waals surface area contributed by atoms with Crippen molar-refractivity contribution in [2.45, 2.75) is 37.5 Å². The van der Waals surface area contributed by atoms with E-state index in [0.717, 1.165) is 50.9 Å². The number of rotatable bonds is 4. The molecule has 2 saturated heterocycles. The number of amides is 2. The molecule has 2 aromatic rings. The van der Waals surface area contributed by atoms with Gasteiger partial charge < -0.3 is 15.0 Å². The third kappa shape index (κ3) is 4.74. The molecule has 2 heterocycles. The molecular weight excluding hydrogens is 424 g/mol. The Morgan fingerprint density at radius 2 is 1.59 bits per heavy atom. The van der Waals surface area contributed by atoms with E-state index in [4.69, 9.17) is 4.74 Å². The van der Waals surface area contributed by atoms with E-state index >= 15 is 0 Å². The summed E-state index contributed by atoms with van der Waals surface area (Å²) in [7, 11) is 0. The Kier molecular flexibility index (Phi) is 6.43. The van der Waals surface area contributed by atoms with E-state index < -0.39 is 0 Å². The first kappa shape index (κ1) is 22.7. The Hall–Kier alpha value is -3.10. The van der Waals surface area contributed by atoms with Gasteiger partial charge in [-0.3, -0.25) is 9.59 Å². The molecule has 34 heavy (non-hydrogen) atoms. The number of nitrogens with zero attached hydrogens (tertiary/aromatic N) is 1. The highest BCUT2D eigenvalue weighted by Gasteiger charge is 2.58. The summed E-state index contributed by atoms with van der Waals surface area (Å²) < 4.78 is 5.62. The smallest absolute Gasteiger partial charge is 0.298 e. The Morgan fingerprint density at radius 3 is 2.26 bits per heavy atom. The fourth-order valence-corrected chi connectivity index (χ4v) is 5.65. The Balaban J connectivity index is 1.14. The summed E-state index contributed by atoms with van der Waals surface area (Å²) in [5.41, 5.74) is 2.14. The van der Waals surface area contributed by atoms with Gasteiger partial charge in [0.25, 0.3) is 5.91 Å². The molecule has 1 N–H and O–H groups in total. The first-order valence-corrected chi connectivity index (χ1v) is 12.4. The number of nitrogens with one attached hydrogen (secondary N) is 1. The summed E-state index contributed by atoms with van der Waals surface area (Å²) in [5, 5.41) is 3.30. The Labute approximate surface area is 201 Å². The minimum absolute atomic E-state index is 0.0512. The van der Waals surface area contributed by atoms with Gasteiger partial charge in [0, 0.05) is 55.7 Å². The number of hydrogen-bond acceptors (Lipinski definition) is 3. The van der Waals surface area contributed by atoms with E-state index in [1.807, 2.05) is 41.3 Å². The molecule has 2 amide bonds. The standard InChI is InChI=1S/C29H32N2O3/c32-26(12-11-23-7-3-1-4-8-23)31-17-13-28(14-18-31)21-25(28)27(33)30-22-29(15-19-34-20-16-29)24-9-5-2-6-10-24/h1-10,25H,13-22H2,(H,30,33)/t25-/m1/s1. The first-order chi connectivity index (χ1) is 16.6. The van der Waals surface area contributed by atoms with Crippen molar-refractivity contribution in [3.63, 3.8) is 0 Å². The highest BCUT2D eigenvalue weighted by atomic mass is 16.5. The van der Waals surface area contributed by atoms with Gasteiger partial charge in [-0.25, -0.2) is 0 Å². The Bertz CT molecular complexity index is 1070. The lowest BCUT2D eigenvalue weighted by Crippen LogP contribution is -2.45. The van der Waals surface area contributed by atoms with Crippen LogP contribution in [0.4, 0.5) is 0 Å². The zero-order valence-corrected chi connectivity index (χ0v) is 19.6. The second kappa shape index (κ2) is 9.64. The monoisotopic (exact) mass is 456 g/mol. The predicted molar refractivity (Wildman–Crippen MR) is 131 cm³/mol. The Morgan fingerprint density at radius 1 is 0.941 bits per heavy atom. The second-order valence-corrected chi connectivity index (χ2v) is 10.0. The van der Waals surface area contributed by atoms with Gasteiger partial charge in [-0.2, -0.15) is 0 Å². The van der Waals surface area contributed by atoms with Crippen LogP contribution >= 0.6 is 0 Å². The second-order valence-electron chi connectivity index (χ2n) is 10.0. The molecule has 3 fully saturated rings. The van der Waals surface area contributed by atoms with E-state index in [1.165, 1.54) is 5.56 Å². The number of likely N-dealkylation sites (tertiary alicyclic amines) is 1. The maximum absolute atomic E-state index is 13.1. The largest absolute Gasteiger partial charge is 0.381 e. The third-order valence-corrected chi connectivity index (χ3v) is 8.08. The molecule has 5 nitrogen and oxygen atoms in total. The van der Waals surface area contributed by atoms with E-state index in [1.54, 1.807) is 0 Å². The maximum atomic E-state index is 13.1. The molecule has 0 bridgehead atoms. The van der Waals surface area contributed by atoms with Crippen LogP contribution in [0.2, 0.25) is 0 Å². The van der Waals surface area contributed by atoms with Gasteiger partial charge in [0.1, 0.15) is 0 Å². The van der Waals surface area contributed by atoms with Crippen molar-refractivity contribution in [2.75, 3.05) is 32.8 Å². The number of hydrogen-bond donors (Lipinski definition) is 1. The minimum atomic E-state index is -0.121. The van der Waals surface area contributed by atoms with Crippen molar-refractivity contribution < 1.29 is 14.3 Å². The summed E-state index contributed by atoms with van der Waals surface area (Å²) in [4.78, 5) is 27.5. The van der Waals surface area contributed by atoms with Crippen LogP contribution in [-0.4, -0.2) is 49.6 Å². The van der Waals surface area contributed by atoms with Crippen LogP contribution in [0, 0.1) is 23.2 Å². The average Bonchev–Trinajstić information content (AvgIpc) is 3.61. The number of piperidine rings is 1. The SMILES string of the molecule is O=C(NCC1(c2ccccc2)CCOCC1)[C@H]1CC12CCN(C(=O)C#Cc1ccccc1)CC2. The van der Waals surface area contributed by atoms with Crippen molar-refractivity contribution in [3.8, 4) is 11.8 Å². The van der Waals surface area contributed by atoms with Crippen molar-refractivity contribution in [1.29, 1.82) is 0 Å². The molecule has 1 atom stereocenters. The summed E-state index contributed by atoms with van der Waals surface area (Å²) in [6, 6.07) is 20.1. The molecule has 2 aliphatic heterocycles. The van der Waals surface area contributed by atoms with Gasteiger partial charge in [0.2, 0.25) is 5.91 Å². The zero-order valence-electron chi connectivity index (χ0n) is 19.6. The fourth-order valence-electron chi connectivity index (χ4n) is 5.65. The fraction of sp³-hybridized carbons (Fsp3) is 0.448. The van der Waals surface area contributed by atoms with Crippen molar-refractivity contribution in [3.05, 3.63) is 71.8 Å². The lowest BCUT2D eigenvalue weighted by Gasteiger charge is -2.38. The van der Waals surface area contributed by atoms with Crippen molar-refractivity contribution >= 4 is 11.8 Å². The van der Waals surface area contributed by atoms with E-state index in [0.29, 0.717) is 19.6 Å². The lowest BCUT2D eigenvalue weighted by molar-refractivity contribution is -0.127.